The molecule has 2 aromatic heterocycles. The van der Waals surface area contributed by atoms with E-state index in [-0.39, 0.29) is 23.7 Å². The minimum absolute atomic E-state index is 0.137. The van der Waals surface area contributed by atoms with Gasteiger partial charge in [-0.15, -0.1) is 11.3 Å². The summed E-state index contributed by atoms with van der Waals surface area (Å²) in [5.41, 5.74) is -0.313. The number of hydrogen-bond donors (Lipinski definition) is 0. The van der Waals surface area contributed by atoms with E-state index in [1.807, 2.05) is 17.5 Å². The molecular weight excluding hydrogens is 376 g/mol. The van der Waals surface area contributed by atoms with Crippen molar-refractivity contribution >= 4 is 23.0 Å². The van der Waals surface area contributed by atoms with Crippen molar-refractivity contribution in [3.63, 3.8) is 0 Å². The Balaban J connectivity index is 1.78. The Morgan fingerprint density at radius 1 is 1.26 bits per heavy atom. The van der Waals surface area contributed by atoms with Gasteiger partial charge < -0.3 is 18.7 Å². The Hall–Kier alpha value is -3.40. The highest BCUT2D eigenvalue weighted by molar-refractivity contribution is 7.13. The fourth-order valence-electron chi connectivity index (χ4n) is 2.31. The first-order chi connectivity index (χ1) is 13.0. The molecule has 0 amide bonds. The summed E-state index contributed by atoms with van der Waals surface area (Å²) < 4.78 is 20.5. The lowest BCUT2D eigenvalue weighted by Crippen LogP contribution is -2.09. The van der Waals surface area contributed by atoms with Gasteiger partial charge in [-0.3, -0.25) is 10.1 Å². The smallest absolute Gasteiger partial charge is 0.345 e. The third-order valence-electron chi connectivity index (χ3n) is 3.59. The SMILES string of the molecule is COc1cc(C(=O)OCc2cc(-c3cccs3)on2)c([N+](=O)[O-])cc1OC. The molecule has 0 atom stereocenters. The number of nitro groups is 1. The number of benzene rings is 1. The van der Waals surface area contributed by atoms with Gasteiger partial charge >= 0.3 is 5.97 Å². The lowest BCUT2D eigenvalue weighted by Gasteiger charge is -2.10. The van der Waals surface area contributed by atoms with Gasteiger partial charge in [0.2, 0.25) is 0 Å². The highest BCUT2D eigenvalue weighted by atomic mass is 32.1. The van der Waals surface area contributed by atoms with Crippen LogP contribution in [0.25, 0.3) is 10.6 Å². The molecule has 0 N–H and O–H groups in total. The van der Waals surface area contributed by atoms with Gasteiger partial charge in [0.15, 0.2) is 17.3 Å². The Morgan fingerprint density at radius 3 is 2.63 bits per heavy atom. The fraction of sp³-hybridized carbons (Fsp3) is 0.176. The number of thiophene rings is 1. The van der Waals surface area contributed by atoms with Gasteiger partial charge in [-0.25, -0.2) is 4.79 Å². The molecule has 10 heteroatoms. The van der Waals surface area contributed by atoms with Crippen molar-refractivity contribution in [1.82, 2.24) is 5.16 Å². The maximum absolute atomic E-state index is 12.4. The lowest BCUT2D eigenvalue weighted by molar-refractivity contribution is -0.385. The third-order valence-corrected chi connectivity index (χ3v) is 4.48. The van der Waals surface area contributed by atoms with Crippen LogP contribution in [0, 0.1) is 10.1 Å². The van der Waals surface area contributed by atoms with Crippen LogP contribution in [-0.2, 0) is 11.3 Å². The van der Waals surface area contributed by atoms with E-state index in [0.717, 1.165) is 10.9 Å². The molecule has 0 fully saturated rings. The van der Waals surface area contributed by atoms with Crippen LogP contribution in [0.3, 0.4) is 0 Å². The lowest BCUT2D eigenvalue weighted by atomic mass is 10.1. The average molecular weight is 390 g/mol. The predicted octanol–water partition coefficient (Wildman–Crippen LogP) is 3.69. The highest BCUT2D eigenvalue weighted by Crippen LogP contribution is 2.35. The van der Waals surface area contributed by atoms with Crippen LogP contribution in [0.2, 0.25) is 0 Å². The summed E-state index contributed by atoms with van der Waals surface area (Å²) in [7, 11) is 2.70. The van der Waals surface area contributed by atoms with E-state index in [4.69, 9.17) is 18.7 Å². The molecule has 0 radical (unpaired) electrons. The number of esters is 1. The van der Waals surface area contributed by atoms with Crippen LogP contribution in [-0.4, -0.2) is 30.3 Å². The van der Waals surface area contributed by atoms with Crippen molar-refractivity contribution in [1.29, 1.82) is 0 Å². The number of aromatic nitrogens is 1. The van der Waals surface area contributed by atoms with Crippen LogP contribution in [0.5, 0.6) is 11.5 Å². The van der Waals surface area contributed by atoms with Crippen LogP contribution < -0.4 is 9.47 Å². The van der Waals surface area contributed by atoms with E-state index in [0.29, 0.717) is 11.5 Å². The number of rotatable bonds is 7. The molecule has 3 rings (SSSR count). The molecule has 0 bridgehead atoms. The molecule has 140 valence electrons. The monoisotopic (exact) mass is 390 g/mol. The largest absolute Gasteiger partial charge is 0.493 e. The molecular formula is C17H14N2O7S. The highest BCUT2D eigenvalue weighted by Gasteiger charge is 2.26. The second-order valence-corrected chi connectivity index (χ2v) is 6.17. The summed E-state index contributed by atoms with van der Waals surface area (Å²) in [6.45, 7) is -0.195. The third kappa shape index (κ3) is 3.90. The van der Waals surface area contributed by atoms with E-state index in [1.54, 1.807) is 6.07 Å². The molecule has 9 nitrogen and oxygen atoms in total. The molecule has 3 aromatic rings. The van der Waals surface area contributed by atoms with Crippen molar-refractivity contribution in [3.05, 3.63) is 57.1 Å². The average Bonchev–Trinajstić information content (AvgIpc) is 3.36. The number of methoxy groups -OCH3 is 2. The zero-order chi connectivity index (χ0) is 19.4. The number of hydrogen-bond acceptors (Lipinski definition) is 9. The van der Waals surface area contributed by atoms with E-state index >= 15 is 0 Å². The predicted molar refractivity (Wildman–Crippen MR) is 95.1 cm³/mol. The summed E-state index contributed by atoms with van der Waals surface area (Å²) in [4.78, 5) is 23.8. The number of nitro benzene ring substituents is 1. The minimum atomic E-state index is -0.886. The fourth-order valence-corrected chi connectivity index (χ4v) is 2.99. The molecule has 2 heterocycles. The van der Waals surface area contributed by atoms with Crippen molar-refractivity contribution < 1.29 is 28.5 Å². The van der Waals surface area contributed by atoms with Gasteiger partial charge in [0.05, 0.1) is 30.1 Å². The first kappa shape index (κ1) is 18.4. The van der Waals surface area contributed by atoms with Crippen molar-refractivity contribution in [2.75, 3.05) is 14.2 Å². The molecule has 1 aromatic carbocycles. The molecule has 0 saturated heterocycles. The maximum atomic E-state index is 12.4. The molecule has 0 aliphatic rings. The molecule has 0 spiro atoms. The minimum Gasteiger partial charge on any atom is -0.493 e. The molecule has 0 unspecified atom stereocenters. The second-order valence-electron chi connectivity index (χ2n) is 5.22. The van der Waals surface area contributed by atoms with Gasteiger partial charge in [-0.1, -0.05) is 11.2 Å². The summed E-state index contributed by atoms with van der Waals surface area (Å²) in [6.07, 6.45) is 0. The molecule has 0 aliphatic heterocycles. The van der Waals surface area contributed by atoms with Gasteiger partial charge in [0.1, 0.15) is 17.9 Å². The summed E-state index contributed by atoms with van der Waals surface area (Å²) in [6, 6.07) is 7.70. The standard InChI is InChI=1S/C17H14N2O7S/c1-23-13-7-11(12(19(21)22)8-14(13)24-2)17(20)25-9-10-6-15(26-18-10)16-4-3-5-27-16/h3-8H,9H2,1-2H3. The first-order valence-electron chi connectivity index (χ1n) is 7.60. The zero-order valence-electron chi connectivity index (χ0n) is 14.3. The van der Waals surface area contributed by atoms with Crippen LogP contribution >= 0.6 is 11.3 Å². The first-order valence-corrected chi connectivity index (χ1v) is 8.48. The van der Waals surface area contributed by atoms with Crippen LogP contribution in [0.1, 0.15) is 16.1 Å². The Labute approximate surface area is 157 Å². The van der Waals surface area contributed by atoms with E-state index < -0.39 is 16.6 Å². The van der Waals surface area contributed by atoms with Crippen molar-refractivity contribution in [2.45, 2.75) is 6.61 Å². The number of carbonyl (C=O) groups excluding carboxylic acids is 1. The summed E-state index contributed by atoms with van der Waals surface area (Å²) in [5, 5.41) is 17.0. The molecule has 27 heavy (non-hydrogen) atoms. The van der Waals surface area contributed by atoms with Gasteiger partial charge in [-0.05, 0) is 11.4 Å². The van der Waals surface area contributed by atoms with Gasteiger partial charge in [0, 0.05) is 12.1 Å². The molecule has 0 aliphatic carbocycles. The summed E-state index contributed by atoms with van der Waals surface area (Å²) in [5.74, 6) is -0.0224. The van der Waals surface area contributed by atoms with E-state index in [1.165, 1.54) is 31.6 Å². The summed E-state index contributed by atoms with van der Waals surface area (Å²) >= 11 is 1.48. The van der Waals surface area contributed by atoms with E-state index in [2.05, 4.69) is 5.16 Å². The van der Waals surface area contributed by atoms with Crippen LogP contribution in [0.15, 0.2) is 40.2 Å². The zero-order valence-corrected chi connectivity index (χ0v) is 15.1. The Morgan fingerprint density at radius 2 is 2.00 bits per heavy atom. The van der Waals surface area contributed by atoms with E-state index in [9.17, 15) is 14.9 Å². The van der Waals surface area contributed by atoms with Crippen molar-refractivity contribution in [2.24, 2.45) is 0 Å². The Bertz CT molecular complexity index is 966. The number of carbonyl (C=O) groups is 1. The Kier molecular flexibility index (Phi) is 5.36. The van der Waals surface area contributed by atoms with Gasteiger partial charge in [0.25, 0.3) is 5.69 Å². The van der Waals surface area contributed by atoms with Crippen LogP contribution in [0.4, 0.5) is 5.69 Å². The topological polar surface area (TPSA) is 114 Å². The quantitative estimate of drug-likeness (QED) is 0.341. The number of ether oxygens (including phenoxy) is 3. The normalized spacial score (nSPS) is 10.4. The van der Waals surface area contributed by atoms with Gasteiger partial charge in [-0.2, -0.15) is 0 Å². The maximum Gasteiger partial charge on any atom is 0.345 e. The molecule has 0 saturated carbocycles. The van der Waals surface area contributed by atoms with Crippen molar-refractivity contribution in [3.8, 4) is 22.1 Å². The number of nitrogens with zero attached hydrogens (tertiary/aromatic N) is 2. The second kappa shape index (κ2) is 7.87.